The van der Waals surface area contributed by atoms with Gasteiger partial charge in [-0.3, -0.25) is 4.79 Å². The number of carbonyl (C=O) groups excluding carboxylic acids is 1. The van der Waals surface area contributed by atoms with Gasteiger partial charge in [-0.05, 0) is 67.5 Å². The highest BCUT2D eigenvalue weighted by molar-refractivity contribution is 5.98. The normalized spacial score (nSPS) is 17.8. The summed E-state index contributed by atoms with van der Waals surface area (Å²) in [5.74, 6) is 1.56. The number of fused-ring (bicyclic) bond motifs is 1. The topological polar surface area (TPSA) is 132 Å². The number of rotatable bonds is 6. The third kappa shape index (κ3) is 5.96. The maximum atomic E-state index is 12.7. The maximum Gasteiger partial charge on any atom is 0.261 e. The predicted octanol–water partition coefficient (Wildman–Crippen LogP) is 5.96. The average molecular weight is 536 g/mol. The summed E-state index contributed by atoms with van der Waals surface area (Å²) >= 11 is 0. The molecule has 0 atom stereocenters. The number of nitriles is 1. The molecule has 204 valence electrons. The number of hydrogen-bond donors (Lipinski definition) is 2. The lowest BCUT2D eigenvalue weighted by molar-refractivity contribution is -0.118. The molecule has 5 rings (SSSR count). The van der Waals surface area contributed by atoms with Gasteiger partial charge in [0.2, 0.25) is 0 Å². The second-order valence-electron chi connectivity index (χ2n) is 11.2. The van der Waals surface area contributed by atoms with Crippen LogP contribution in [0, 0.1) is 16.7 Å². The van der Waals surface area contributed by atoms with Gasteiger partial charge in [0, 0.05) is 11.6 Å². The predicted molar refractivity (Wildman–Crippen MR) is 154 cm³/mol. The molecule has 1 fully saturated rings. The number of nitrogen functional groups attached to an aromatic ring is 1. The number of nitrogens with two attached hydrogens (primary N) is 1. The first-order chi connectivity index (χ1) is 19.2. The Morgan fingerprint density at radius 1 is 1.05 bits per heavy atom. The van der Waals surface area contributed by atoms with E-state index in [1.165, 1.54) is 6.33 Å². The van der Waals surface area contributed by atoms with Crippen molar-refractivity contribution in [2.75, 3.05) is 5.73 Å². The van der Waals surface area contributed by atoms with E-state index in [1.54, 1.807) is 6.08 Å². The minimum absolute atomic E-state index is 0.00128. The third-order valence-corrected chi connectivity index (χ3v) is 6.95. The van der Waals surface area contributed by atoms with Crippen LogP contribution in [0.1, 0.15) is 52.5 Å². The molecule has 4 aromatic rings. The van der Waals surface area contributed by atoms with Crippen molar-refractivity contribution in [1.82, 2.24) is 25.1 Å². The summed E-state index contributed by atoms with van der Waals surface area (Å²) < 4.78 is 7.89. The number of aromatic nitrogens is 4. The van der Waals surface area contributed by atoms with Gasteiger partial charge in [-0.25, -0.2) is 14.6 Å². The molecule has 2 aromatic heterocycles. The number of benzene rings is 2. The number of ether oxygens (including phenoxy) is 1. The summed E-state index contributed by atoms with van der Waals surface area (Å²) in [5.41, 5.74) is 8.54. The Morgan fingerprint density at radius 2 is 1.73 bits per heavy atom. The highest BCUT2D eigenvalue weighted by Crippen LogP contribution is 2.36. The molecule has 2 aromatic carbocycles. The highest BCUT2D eigenvalue weighted by Gasteiger charge is 2.28. The number of nitrogens with one attached hydrogen (secondary N) is 1. The fraction of sp³-hybridized carbons (Fsp3) is 0.323. The molecule has 0 unspecified atom stereocenters. The summed E-state index contributed by atoms with van der Waals surface area (Å²) in [4.78, 5) is 21.5. The fourth-order valence-electron chi connectivity index (χ4n) is 5.07. The molecular weight excluding hydrogens is 502 g/mol. The molecule has 1 amide bonds. The van der Waals surface area contributed by atoms with Crippen LogP contribution in [0.4, 0.5) is 5.82 Å². The van der Waals surface area contributed by atoms with Gasteiger partial charge in [0.15, 0.2) is 5.65 Å². The first-order valence-corrected chi connectivity index (χ1v) is 13.5. The SMILES string of the molecule is CC(C)(C)C=C(C#N)C(=O)N[C@H]1CC[C@H](n2nc(-c3ccc(Oc4ccccc4)cc3)c3c(N)ncnc32)CC1. The van der Waals surface area contributed by atoms with E-state index in [9.17, 15) is 10.1 Å². The van der Waals surface area contributed by atoms with Crippen molar-refractivity contribution >= 4 is 22.8 Å². The van der Waals surface area contributed by atoms with Gasteiger partial charge in [-0.15, -0.1) is 0 Å². The van der Waals surface area contributed by atoms with Crippen LogP contribution in [0.2, 0.25) is 0 Å². The van der Waals surface area contributed by atoms with Gasteiger partial charge in [-0.2, -0.15) is 10.4 Å². The summed E-state index contributed by atoms with van der Waals surface area (Å²) in [7, 11) is 0. The number of carbonyl (C=O) groups is 1. The van der Waals surface area contributed by atoms with Crippen LogP contribution in [0.25, 0.3) is 22.3 Å². The van der Waals surface area contributed by atoms with Crippen LogP contribution in [-0.4, -0.2) is 31.7 Å². The third-order valence-electron chi connectivity index (χ3n) is 6.95. The minimum atomic E-state index is -0.312. The lowest BCUT2D eigenvalue weighted by Crippen LogP contribution is -2.38. The minimum Gasteiger partial charge on any atom is -0.457 e. The maximum absolute atomic E-state index is 12.7. The van der Waals surface area contributed by atoms with Crippen LogP contribution in [0.3, 0.4) is 0 Å². The number of anilines is 1. The summed E-state index contributed by atoms with van der Waals surface area (Å²) in [5, 5.41) is 18.2. The van der Waals surface area contributed by atoms with E-state index in [0.29, 0.717) is 11.5 Å². The summed E-state index contributed by atoms with van der Waals surface area (Å²) in [6.07, 6.45) is 6.34. The summed E-state index contributed by atoms with van der Waals surface area (Å²) in [6, 6.07) is 19.5. The molecule has 1 aliphatic rings. The number of allylic oxidation sites excluding steroid dienone is 1. The van der Waals surface area contributed by atoms with E-state index >= 15 is 0 Å². The van der Waals surface area contributed by atoms with Crippen LogP contribution >= 0.6 is 0 Å². The van der Waals surface area contributed by atoms with Crippen molar-refractivity contribution in [3.05, 3.63) is 72.6 Å². The molecule has 40 heavy (non-hydrogen) atoms. The number of hydrogen-bond acceptors (Lipinski definition) is 7. The molecule has 0 bridgehead atoms. The Morgan fingerprint density at radius 3 is 2.38 bits per heavy atom. The van der Waals surface area contributed by atoms with E-state index in [1.807, 2.05) is 86.1 Å². The zero-order valence-corrected chi connectivity index (χ0v) is 23.0. The van der Waals surface area contributed by atoms with E-state index in [-0.39, 0.29) is 29.0 Å². The molecule has 1 saturated carbocycles. The number of para-hydroxylation sites is 1. The second kappa shape index (κ2) is 11.2. The second-order valence-corrected chi connectivity index (χ2v) is 11.2. The largest absolute Gasteiger partial charge is 0.457 e. The highest BCUT2D eigenvalue weighted by atomic mass is 16.5. The quantitative estimate of drug-likeness (QED) is 0.230. The lowest BCUT2D eigenvalue weighted by atomic mass is 9.90. The number of nitrogens with zero attached hydrogens (tertiary/aromatic N) is 5. The van der Waals surface area contributed by atoms with Gasteiger partial charge in [0.05, 0.1) is 11.4 Å². The molecular formula is C31H33N7O2. The van der Waals surface area contributed by atoms with E-state index in [2.05, 4.69) is 15.3 Å². The van der Waals surface area contributed by atoms with Gasteiger partial charge in [-0.1, -0.05) is 45.0 Å². The molecule has 9 nitrogen and oxygen atoms in total. The Balaban J connectivity index is 1.33. The van der Waals surface area contributed by atoms with Gasteiger partial charge < -0.3 is 15.8 Å². The van der Waals surface area contributed by atoms with Gasteiger partial charge in [0.25, 0.3) is 5.91 Å². The van der Waals surface area contributed by atoms with Crippen molar-refractivity contribution < 1.29 is 9.53 Å². The van der Waals surface area contributed by atoms with Crippen LogP contribution in [0.15, 0.2) is 72.6 Å². The smallest absolute Gasteiger partial charge is 0.261 e. The van der Waals surface area contributed by atoms with E-state index in [4.69, 9.17) is 15.6 Å². The zero-order chi connectivity index (χ0) is 28.3. The Hall–Kier alpha value is -4.71. The fourth-order valence-corrected chi connectivity index (χ4v) is 5.07. The van der Waals surface area contributed by atoms with Crippen LogP contribution in [0.5, 0.6) is 11.5 Å². The number of amides is 1. The van der Waals surface area contributed by atoms with E-state index < -0.39 is 0 Å². The molecule has 0 radical (unpaired) electrons. The molecule has 1 aliphatic carbocycles. The van der Waals surface area contributed by atoms with Crippen molar-refractivity contribution in [1.29, 1.82) is 5.26 Å². The van der Waals surface area contributed by atoms with Gasteiger partial charge >= 0.3 is 0 Å². The van der Waals surface area contributed by atoms with Crippen molar-refractivity contribution in [2.24, 2.45) is 5.41 Å². The van der Waals surface area contributed by atoms with Crippen LogP contribution < -0.4 is 15.8 Å². The van der Waals surface area contributed by atoms with Gasteiger partial charge in [0.1, 0.15) is 41.0 Å². The molecule has 0 spiro atoms. The van der Waals surface area contributed by atoms with Crippen molar-refractivity contribution in [2.45, 2.75) is 58.5 Å². The zero-order valence-electron chi connectivity index (χ0n) is 23.0. The molecule has 9 heteroatoms. The monoisotopic (exact) mass is 535 g/mol. The molecule has 0 aliphatic heterocycles. The van der Waals surface area contributed by atoms with Crippen molar-refractivity contribution in [3.8, 4) is 28.8 Å². The molecule has 0 saturated heterocycles. The lowest BCUT2D eigenvalue weighted by Gasteiger charge is -2.29. The van der Waals surface area contributed by atoms with E-state index in [0.717, 1.165) is 53.8 Å². The molecule has 2 heterocycles. The van der Waals surface area contributed by atoms with Crippen molar-refractivity contribution in [3.63, 3.8) is 0 Å². The Kier molecular flexibility index (Phi) is 7.52. The van der Waals surface area contributed by atoms with Crippen LogP contribution in [-0.2, 0) is 4.79 Å². The summed E-state index contributed by atoms with van der Waals surface area (Å²) in [6.45, 7) is 5.90. The standard InChI is InChI=1S/C31H33N7O2/c1-31(2,3)17-21(18-32)30(39)36-22-11-13-23(14-12-22)38-29-26(28(33)34-19-35-29)27(37-38)20-9-15-25(16-10-20)40-24-7-5-4-6-8-24/h4-10,15-17,19,22-23H,11-14H2,1-3H3,(H,36,39)(H2,33,34,35)/t22-,23-. The average Bonchev–Trinajstić information content (AvgIpc) is 3.33. The Labute approximate surface area is 233 Å². The molecule has 3 N–H and O–H groups in total. The first kappa shape index (κ1) is 26.9. The Bertz CT molecular complexity index is 1570. The first-order valence-electron chi connectivity index (χ1n) is 13.5.